The van der Waals surface area contributed by atoms with Crippen LogP contribution in [0, 0.1) is 0 Å². The summed E-state index contributed by atoms with van der Waals surface area (Å²) in [6.45, 7) is 8.31. The van der Waals surface area contributed by atoms with Gasteiger partial charge in [0.15, 0.2) is 0 Å². The molecule has 2 heterocycles. The van der Waals surface area contributed by atoms with Crippen LogP contribution >= 0.6 is 0 Å². The molecule has 94 valence electrons. The van der Waals surface area contributed by atoms with Gasteiger partial charge < -0.3 is 14.4 Å². The largest absolute Gasteiger partial charge is 0.368 e. The number of hydrogen-bond acceptors (Lipinski definition) is 3. The van der Waals surface area contributed by atoms with Crippen LogP contribution in [0.4, 0.5) is 5.69 Å². The SMILES string of the molecule is CC(C)n1cc(N2CCN(C)CC2)ccc1=O. The first-order valence-electron chi connectivity index (χ1n) is 6.23. The lowest BCUT2D eigenvalue weighted by Gasteiger charge is -2.34. The van der Waals surface area contributed by atoms with Crippen LogP contribution in [0.5, 0.6) is 0 Å². The first-order valence-corrected chi connectivity index (χ1v) is 6.23. The van der Waals surface area contributed by atoms with Crippen molar-refractivity contribution in [3.8, 4) is 0 Å². The molecule has 4 heteroatoms. The van der Waals surface area contributed by atoms with E-state index in [0.717, 1.165) is 31.9 Å². The highest BCUT2D eigenvalue weighted by molar-refractivity contribution is 5.44. The Morgan fingerprint density at radius 2 is 1.76 bits per heavy atom. The molecule has 1 aliphatic heterocycles. The lowest BCUT2D eigenvalue weighted by Crippen LogP contribution is -2.44. The van der Waals surface area contributed by atoms with Crippen molar-refractivity contribution in [2.75, 3.05) is 38.1 Å². The maximum absolute atomic E-state index is 11.7. The van der Waals surface area contributed by atoms with Crippen LogP contribution in [0.25, 0.3) is 0 Å². The number of anilines is 1. The predicted molar refractivity (Wildman–Crippen MR) is 70.8 cm³/mol. The van der Waals surface area contributed by atoms with Gasteiger partial charge in [-0.25, -0.2) is 0 Å². The van der Waals surface area contributed by atoms with Gasteiger partial charge in [0.25, 0.3) is 5.56 Å². The average Bonchev–Trinajstić information content (AvgIpc) is 2.30. The lowest BCUT2D eigenvalue weighted by molar-refractivity contribution is 0.312. The third-order valence-corrected chi connectivity index (χ3v) is 3.35. The van der Waals surface area contributed by atoms with Crippen LogP contribution in [-0.2, 0) is 0 Å². The molecule has 0 spiro atoms. The van der Waals surface area contributed by atoms with E-state index in [9.17, 15) is 4.79 Å². The van der Waals surface area contributed by atoms with E-state index in [-0.39, 0.29) is 11.6 Å². The summed E-state index contributed by atoms with van der Waals surface area (Å²) in [4.78, 5) is 16.4. The fraction of sp³-hybridized carbons (Fsp3) is 0.615. The molecule has 1 fully saturated rings. The summed E-state index contributed by atoms with van der Waals surface area (Å²) in [6, 6.07) is 3.83. The predicted octanol–water partition coefficient (Wildman–Crippen LogP) is 1.18. The maximum Gasteiger partial charge on any atom is 0.250 e. The third-order valence-electron chi connectivity index (χ3n) is 3.35. The van der Waals surface area contributed by atoms with E-state index >= 15 is 0 Å². The lowest BCUT2D eigenvalue weighted by atomic mass is 10.2. The van der Waals surface area contributed by atoms with Crippen molar-refractivity contribution in [1.29, 1.82) is 0 Å². The summed E-state index contributed by atoms with van der Waals surface area (Å²) in [5.41, 5.74) is 1.24. The Hall–Kier alpha value is -1.29. The zero-order valence-corrected chi connectivity index (χ0v) is 10.9. The Bertz CT molecular complexity index is 431. The van der Waals surface area contributed by atoms with Gasteiger partial charge in [0.2, 0.25) is 0 Å². The topological polar surface area (TPSA) is 28.5 Å². The minimum atomic E-state index is 0.0814. The molecule has 2 rings (SSSR count). The van der Waals surface area contributed by atoms with Crippen LogP contribution in [0.15, 0.2) is 23.1 Å². The molecule has 4 nitrogen and oxygen atoms in total. The van der Waals surface area contributed by atoms with E-state index in [4.69, 9.17) is 0 Å². The van der Waals surface area contributed by atoms with Crippen molar-refractivity contribution in [1.82, 2.24) is 9.47 Å². The Morgan fingerprint density at radius 1 is 1.12 bits per heavy atom. The molecule has 0 unspecified atom stereocenters. The van der Waals surface area contributed by atoms with E-state index in [0.29, 0.717) is 0 Å². The highest BCUT2D eigenvalue weighted by Gasteiger charge is 2.15. The van der Waals surface area contributed by atoms with Gasteiger partial charge in [0.05, 0.1) is 5.69 Å². The average molecular weight is 235 g/mol. The molecule has 0 radical (unpaired) electrons. The standard InChI is InChI=1S/C13H21N3O/c1-11(2)16-10-12(4-5-13(16)17)15-8-6-14(3)7-9-15/h4-5,10-11H,6-9H2,1-3H3. The molecule has 0 N–H and O–H groups in total. The van der Waals surface area contributed by atoms with Gasteiger partial charge in [-0.15, -0.1) is 0 Å². The Kier molecular flexibility index (Phi) is 3.52. The van der Waals surface area contributed by atoms with Crippen molar-refractivity contribution in [2.45, 2.75) is 19.9 Å². The molecule has 1 aromatic heterocycles. The van der Waals surface area contributed by atoms with Crippen LogP contribution in [-0.4, -0.2) is 42.7 Å². The first-order chi connectivity index (χ1) is 8.08. The zero-order valence-electron chi connectivity index (χ0n) is 10.9. The summed E-state index contributed by atoms with van der Waals surface area (Å²) < 4.78 is 1.80. The van der Waals surface area contributed by atoms with Crippen LogP contribution in [0.3, 0.4) is 0 Å². The fourth-order valence-corrected chi connectivity index (χ4v) is 2.15. The van der Waals surface area contributed by atoms with Gasteiger partial charge >= 0.3 is 0 Å². The molecule has 0 bridgehead atoms. The fourth-order valence-electron chi connectivity index (χ4n) is 2.15. The molecule has 17 heavy (non-hydrogen) atoms. The van der Waals surface area contributed by atoms with E-state index in [1.165, 1.54) is 0 Å². The van der Waals surface area contributed by atoms with Crippen molar-refractivity contribution in [2.24, 2.45) is 0 Å². The van der Waals surface area contributed by atoms with Crippen molar-refractivity contribution in [3.63, 3.8) is 0 Å². The Labute approximate surface area is 102 Å². The minimum Gasteiger partial charge on any atom is -0.368 e. The third kappa shape index (κ3) is 2.69. The molecule has 0 amide bonds. The van der Waals surface area contributed by atoms with Crippen LogP contribution in [0.2, 0.25) is 0 Å². The summed E-state index contributed by atoms with van der Waals surface area (Å²) in [5.74, 6) is 0. The quantitative estimate of drug-likeness (QED) is 0.770. The number of rotatable bonds is 2. The second-order valence-corrected chi connectivity index (χ2v) is 5.02. The number of nitrogens with zero attached hydrogens (tertiary/aromatic N) is 3. The molecular formula is C13H21N3O. The second-order valence-electron chi connectivity index (χ2n) is 5.02. The molecule has 0 atom stereocenters. The van der Waals surface area contributed by atoms with E-state index in [2.05, 4.69) is 16.8 Å². The van der Waals surface area contributed by atoms with Crippen LogP contribution in [0.1, 0.15) is 19.9 Å². The molecule has 1 saturated heterocycles. The van der Waals surface area contributed by atoms with E-state index in [1.54, 1.807) is 10.6 Å². The van der Waals surface area contributed by atoms with Crippen molar-refractivity contribution in [3.05, 3.63) is 28.7 Å². The molecule has 1 aromatic rings. The zero-order chi connectivity index (χ0) is 12.4. The van der Waals surface area contributed by atoms with Crippen molar-refractivity contribution < 1.29 is 0 Å². The van der Waals surface area contributed by atoms with Gasteiger partial charge in [-0.1, -0.05) is 0 Å². The molecule has 0 aliphatic carbocycles. The van der Waals surface area contributed by atoms with Gasteiger partial charge in [-0.05, 0) is 27.0 Å². The molecule has 0 saturated carbocycles. The minimum absolute atomic E-state index is 0.0814. The number of pyridine rings is 1. The second kappa shape index (κ2) is 4.92. The number of likely N-dealkylation sites (N-methyl/N-ethyl adjacent to an activating group) is 1. The Balaban J connectivity index is 2.22. The maximum atomic E-state index is 11.7. The van der Waals surface area contributed by atoms with E-state index < -0.39 is 0 Å². The number of aromatic nitrogens is 1. The monoisotopic (exact) mass is 235 g/mol. The molecular weight excluding hydrogens is 214 g/mol. The normalized spacial score (nSPS) is 17.8. The summed E-state index contributed by atoms with van der Waals surface area (Å²) in [5, 5.41) is 0. The summed E-state index contributed by atoms with van der Waals surface area (Å²) >= 11 is 0. The highest BCUT2D eigenvalue weighted by Crippen LogP contribution is 2.15. The Morgan fingerprint density at radius 3 is 2.35 bits per heavy atom. The van der Waals surface area contributed by atoms with Crippen molar-refractivity contribution >= 4 is 5.69 Å². The number of hydrogen-bond donors (Lipinski definition) is 0. The summed E-state index contributed by atoms with van der Waals surface area (Å²) in [6.07, 6.45) is 1.98. The van der Waals surface area contributed by atoms with Gasteiger partial charge in [0, 0.05) is 44.5 Å². The summed E-state index contributed by atoms with van der Waals surface area (Å²) in [7, 11) is 2.15. The van der Waals surface area contributed by atoms with Gasteiger partial charge in [-0.2, -0.15) is 0 Å². The molecule has 1 aliphatic rings. The number of piperazine rings is 1. The van der Waals surface area contributed by atoms with E-state index in [1.807, 2.05) is 26.1 Å². The first kappa shape index (κ1) is 12.2. The highest BCUT2D eigenvalue weighted by atomic mass is 16.1. The van der Waals surface area contributed by atoms with Gasteiger partial charge in [0.1, 0.15) is 0 Å². The molecule has 0 aromatic carbocycles. The smallest absolute Gasteiger partial charge is 0.250 e. The van der Waals surface area contributed by atoms with Gasteiger partial charge in [-0.3, -0.25) is 4.79 Å². The van der Waals surface area contributed by atoms with Crippen LogP contribution < -0.4 is 10.5 Å².